The molecule has 5 atom stereocenters. The van der Waals surface area contributed by atoms with E-state index >= 15 is 0 Å². The van der Waals surface area contributed by atoms with Gasteiger partial charge >= 0.3 is 0 Å². The molecule has 11 heavy (non-hydrogen) atoms. The van der Waals surface area contributed by atoms with Gasteiger partial charge in [-0.1, -0.05) is 36.1 Å². The van der Waals surface area contributed by atoms with Crippen LogP contribution in [0.2, 0.25) is 0 Å². The SMILES string of the molecule is C.C.C.CC(P)C(P)C(C)P. The van der Waals surface area contributed by atoms with Crippen molar-refractivity contribution < 1.29 is 0 Å². The van der Waals surface area contributed by atoms with E-state index in [9.17, 15) is 0 Å². The molecule has 0 aromatic carbocycles. The van der Waals surface area contributed by atoms with Gasteiger partial charge in [-0.05, 0) is 17.0 Å². The molecule has 0 aromatic heterocycles. The Labute approximate surface area is 81.3 Å². The normalized spacial score (nSPS) is 16.1. The molecule has 0 fully saturated rings. The van der Waals surface area contributed by atoms with Crippen molar-refractivity contribution in [3.05, 3.63) is 0 Å². The van der Waals surface area contributed by atoms with Crippen LogP contribution in [0.15, 0.2) is 0 Å². The van der Waals surface area contributed by atoms with Gasteiger partial charge in [0.25, 0.3) is 0 Å². The van der Waals surface area contributed by atoms with Gasteiger partial charge in [-0.25, -0.2) is 0 Å². The minimum Gasteiger partial charge on any atom is -0.134 e. The third-order valence-electron chi connectivity index (χ3n) is 1.21. The lowest BCUT2D eigenvalue weighted by Gasteiger charge is -2.18. The van der Waals surface area contributed by atoms with Crippen LogP contribution >= 0.6 is 27.7 Å². The first kappa shape index (κ1) is 22.8. The summed E-state index contributed by atoms with van der Waals surface area (Å²) in [6.45, 7) is 4.42. The van der Waals surface area contributed by atoms with E-state index in [0.29, 0.717) is 17.0 Å². The predicted octanol–water partition coefficient (Wildman–Crippen LogP) is 3.67. The molecule has 3 heteroatoms. The number of hydrogen-bond acceptors (Lipinski definition) is 0. The highest BCUT2D eigenvalue weighted by molar-refractivity contribution is 7.26. The van der Waals surface area contributed by atoms with Crippen LogP contribution in [0.25, 0.3) is 0 Å². The summed E-state index contributed by atoms with van der Waals surface area (Å²) >= 11 is 0. The Morgan fingerprint density at radius 2 is 0.909 bits per heavy atom. The summed E-state index contributed by atoms with van der Waals surface area (Å²) < 4.78 is 0. The molecule has 5 unspecified atom stereocenters. The minimum atomic E-state index is 0. The van der Waals surface area contributed by atoms with Crippen molar-refractivity contribution in [2.24, 2.45) is 0 Å². The molecule has 74 valence electrons. The second-order valence-corrected chi connectivity index (χ2v) is 5.17. The molecule has 0 saturated carbocycles. The van der Waals surface area contributed by atoms with Crippen molar-refractivity contribution >= 4 is 27.7 Å². The van der Waals surface area contributed by atoms with E-state index in [0.717, 1.165) is 0 Å². The fourth-order valence-corrected chi connectivity index (χ4v) is 1.44. The number of rotatable bonds is 2. The standard InChI is InChI=1S/C5H15P3.3CH4/c1-3(6)5(8)4(2)7;;;/h3-5H,6-8H2,1-2H3;3*1H4. The van der Waals surface area contributed by atoms with Crippen molar-refractivity contribution in [3.63, 3.8) is 0 Å². The lowest BCUT2D eigenvalue weighted by atomic mass is 10.2. The van der Waals surface area contributed by atoms with Crippen molar-refractivity contribution in [1.29, 1.82) is 0 Å². The Kier molecular flexibility index (Phi) is 23.4. The highest BCUT2D eigenvalue weighted by Crippen LogP contribution is 2.22. The summed E-state index contributed by atoms with van der Waals surface area (Å²) in [6.07, 6.45) is 0. The Morgan fingerprint density at radius 1 is 0.727 bits per heavy atom. The predicted molar refractivity (Wildman–Crippen MR) is 72.0 cm³/mol. The third kappa shape index (κ3) is 11.3. The highest BCUT2D eigenvalue weighted by Gasteiger charge is 2.10. The molecule has 0 nitrogen and oxygen atoms in total. The third-order valence-corrected chi connectivity index (χ3v) is 4.21. The quantitative estimate of drug-likeness (QED) is 0.618. The van der Waals surface area contributed by atoms with Gasteiger partial charge in [-0.15, -0.1) is 27.7 Å². The molecule has 0 bridgehead atoms. The highest BCUT2D eigenvalue weighted by atomic mass is 31.0. The van der Waals surface area contributed by atoms with E-state index in [1.807, 2.05) is 0 Å². The molecule has 0 spiro atoms. The maximum Gasteiger partial charge on any atom is -0.0144 e. The molecule has 0 aliphatic rings. The van der Waals surface area contributed by atoms with Crippen LogP contribution in [-0.4, -0.2) is 17.0 Å². The van der Waals surface area contributed by atoms with Crippen LogP contribution in [0, 0.1) is 0 Å². The smallest absolute Gasteiger partial charge is 0.0144 e. The monoisotopic (exact) mass is 216 g/mol. The average Bonchev–Trinajstić information content (AvgIpc) is 1.64. The van der Waals surface area contributed by atoms with Gasteiger partial charge in [0.1, 0.15) is 0 Å². The maximum absolute atomic E-state index is 2.85. The molecule has 0 aliphatic carbocycles. The van der Waals surface area contributed by atoms with E-state index in [1.165, 1.54) is 0 Å². The molecule has 0 radical (unpaired) electrons. The van der Waals surface area contributed by atoms with Crippen LogP contribution in [0.5, 0.6) is 0 Å². The summed E-state index contributed by atoms with van der Waals surface area (Å²) in [5.41, 5.74) is 2.12. The lowest BCUT2D eigenvalue weighted by Crippen LogP contribution is -2.18. The van der Waals surface area contributed by atoms with Crippen molar-refractivity contribution in [2.75, 3.05) is 0 Å². The molecule has 0 amide bonds. The Balaban J connectivity index is -0.0000000817. The first-order valence-corrected chi connectivity index (χ1v) is 4.82. The largest absolute Gasteiger partial charge is 0.134 e. The van der Waals surface area contributed by atoms with E-state index in [4.69, 9.17) is 0 Å². The molecule has 0 rings (SSSR count). The minimum absolute atomic E-state index is 0. The zero-order valence-corrected chi connectivity index (χ0v) is 8.93. The zero-order valence-electron chi connectivity index (χ0n) is 5.46. The lowest BCUT2D eigenvalue weighted by molar-refractivity contribution is 0.825. The summed E-state index contributed by atoms with van der Waals surface area (Å²) in [5.74, 6) is 0. The zero-order chi connectivity index (χ0) is 6.73. The Bertz CT molecular complexity index is 54.4. The first-order chi connectivity index (χ1) is 3.55. The molecule has 0 aliphatic heterocycles. The van der Waals surface area contributed by atoms with Crippen LogP contribution in [0.1, 0.15) is 36.1 Å². The van der Waals surface area contributed by atoms with Gasteiger partial charge in [-0.2, -0.15) is 0 Å². The van der Waals surface area contributed by atoms with Gasteiger partial charge in [0.05, 0.1) is 0 Å². The summed E-state index contributed by atoms with van der Waals surface area (Å²) in [5, 5.41) is 0. The van der Waals surface area contributed by atoms with Crippen LogP contribution in [-0.2, 0) is 0 Å². The maximum atomic E-state index is 2.85. The summed E-state index contributed by atoms with van der Waals surface area (Å²) in [4.78, 5) is 0. The van der Waals surface area contributed by atoms with Gasteiger partial charge in [-0.3, -0.25) is 0 Å². The van der Waals surface area contributed by atoms with E-state index in [1.54, 1.807) is 0 Å². The van der Waals surface area contributed by atoms with E-state index < -0.39 is 0 Å². The van der Waals surface area contributed by atoms with Crippen molar-refractivity contribution in [2.45, 2.75) is 53.1 Å². The second kappa shape index (κ2) is 11.3. The Hall–Kier alpha value is 1.29. The average molecular weight is 216 g/mol. The topological polar surface area (TPSA) is 0 Å². The van der Waals surface area contributed by atoms with E-state index in [-0.39, 0.29) is 22.3 Å². The number of hydrogen-bond donors (Lipinski definition) is 0. The fourth-order valence-electron chi connectivity index (χ4n) is 0.479. The summed E-state index contributed by atoms with van der Waals surface area (Å²) in [6, 6.07) is 0. The molecule has 0 N–H and O–H groups in total. The van der Waals surface area contributed by atoms with Crippen LogP contribution in [0.4, 0.5) is 0 Å². The first-order valence-electron chi connectivity index (χ1n) is 2.82. The van der Waals surface area contributed by atoms with Gasteiger partial charge in [0, 0.05) is 0 Å². The van der Waals surface area contributed by atoms with Gasteiger partial charge in [0.15, 0.2) is 0 Å². The van der Waals surface area contributed by atoms with Crippen LogP contribution in [0.3, 0.4) is 0 Å². The van der Waals surface area contributed by atoms with Crippen molar-refractivity contribution in [3.8, 4) is 0 Å². The fraction of sp³-hybridized carbons (Fsp3) is 1.00. The Morgan fingerprint density at radius 3 is 0.909 bits per heavy atom. The molecule has 0 saturated heterocycles. The van der Waals surface area contributed by atoms with Crippen molar-refractivity contribution in [1.82, 2.24) is 0 Å². The van der Waals surface area contributed by atoms with Gasteiger partial charge < -0.3 is 0 Å². The van der Waals surface area contributed by atoms with Gasteiger partial charge in [0.2, 0.25) is 0 Å². The molecule has 0 heterocycles. The molecular formula is C8H27P3. The molecule has 0 aromatic rings. The van der Waals surface area contributed by atoms with Crippen LogP contribution < -0.4 is 0 Å². The molecular weight excluding hydrogens is 189 g/mol. The summed E-state index contributed by atoms with van der Waals surface area (Å²) in [7, 11) is 8.46. The second-order valence-electron chi connectivity index (χ2n) is 2.30. The van der Waals surface area contributed by atoms with E-state index in [2.05, 4.69) is 41.6 Å².